The number of nitrogens with one attached hydrogen (secondary N) is 3. The van der Waals surface area contributed by atoms with Crippen molar-refractivity contribution < 1.29 is 14.7 Å². The highest BCUT2D eigenvalue weighted by Crippen LogP contribution is 2.42. The lowest BCUT2D eigenvalue weighted by Gasteiger charge is -2.19. The van der Waals surface area contributed by atoms with Crippen LogP contribution >= 0.6 is 0 Å². The maximum Gasteiger partial charge on any atom is 0.259 e. The van der Waals surface area contributed by atoms with Crippen molar-refractivity contribution in [1.29, 1.82) is 0 Å². The van der Waals surface area contributed by atoms with Crippen molar-refractivity contribution >= 4 is 45.5 Å². The van der Waals surface area contributed by atoms with Gasteiger partial charge in [0.2, 0.25) is 5.91 Å². The van der Waals surface area contributed by atoms with Crippen LogP contribution in [0.3, 0.4) is 0 Å². The van der Waals surface area contributed by atoms with Crippen molar-refractivity contribution in [3.05, 3.63) is 72.1 Å². The second-order valence-corrected chi connectivity index (χ2v) is 9.10. The minimum absolute atomic E-state index is 0.0287. The standard InChI is InChI=1S/C26H25N5O3/c1-15(32)31-14-26(2,3)20-10-9-16(12-22(20)31)29-25(34)18-7-5-11-27-23(18)30-21-8-4-6-17-19(21)13-28-24(17)33/h4-13,28,33H,14H2,1-3H3,(H,27,30)(H,29,34). The highest BCUT2D eigenvalue weighted by molar-refractivity contribution is 6.09. The molecule has 2 aromatic carbocycles. The van der Waals surface area contributed by atoms with Crippen LogP contribution in [0.25, 0.3) is 10.8 Å². The molecule has 1 aliphatic rings. The third-order valence-corrected chi connectivity index (χ3v) is 6.23. The summed E-state index contributed by atoms with van der Waals surface area (Å²) in [5, 5.41) is 17.6. The van der Waals surface area contributed by atoms with E-state index in [2.05, 4.69) is 34.4 Å². The normalized spacial score (nSPS) is 14.1. The van der Waals surface area contributed by atoms with Crippen LogP contribution in [0.2, 0.25) is 0 Å². The number of aromatic amines is 1. The van der Waals surface area contributed by atoms with Gasteiger partial charge in [-0.2, -0.15) is 0 Å². The molecule has 8 heteroatoms. The monoisotopic (exact) mass is 455 g/mol. The Hall–Kier alpha value is -4.33. The van der Waals surface area contributed by atoms with Crippen molar-refractivity contribution in [2.24, 2.45) is 0 Å². The van der Waals surface area contributed by atoms with Gasteiger partial charge in [-0.1, -0.05) is 26.0 Å². The molecule has 0 saturated heterocycles. The third-order valence-electron chi connectivity index (χ3n) is 6.23. The Morgan fingerprint density at radius 1 is 1.12 bits per heavy atom. The molecule has 4 N–H and O–H groups in total. The summed E-state index contributed by atoms with van der Waals surface area (Å²) < 4.78 is 0. The predicted octanol–water partition coefficient (Wildman–Crippen LogP) is 4.91. The molecule has 3 heterocycles. The first-order valence-corrected chi connectivity index (χ1v) is 11.0. The molecule has 1 aliphatic heterocycles. The lowest BCUT2D eigenvalue weighted by molar-refractivity contribution is -0.116. The SMILES string of the molecule is CC(=O)N1CC(C)(C)c2ccc(NC(=O)c3cccnc3Nc3cccc4c(O)[nH]cc34)cc21. The topological polar surface area (TPSA) is 110 Å². The summed E-state index contributed by atoms with van der Waals surface area (Å²) in [6.45, 7) is 6.36. The van der Waals surface area contributed by atoms with Crippen molar-refractivity contribution in [2.45, 2.75) is 26.2 Å². The first kappa shape index (κ1) is 21.5. The van der Waals surface area contributed by atoms with E-state index in [1.165, 1.54) is 0 Å². The fourth-order valence-electron chi connectivity index (χ4n) is 4.52. The van der Waals surface area contributed by atoms with E-state index in [1.54, 1.807) is 42.4 Å². The Kier molecular flexibility index (Phi) is 5.01. The molecular formula is C26H25N5O3. The molecule has 0 saturated carbocycles. The number of anilines is 4. The van der Waals surface area contributed by atoms with Crippen LogP contribution in [-0.2, 0) is 10.2 Å². The molecule has 0 atom stereocenters. The van der Waals surface area contributed by atoms with Gasteiger partial charge in [-0.05, 0) is 42.0 Å². The number of hydrogen-bond acceptors (Lipinski definition) is 5. The zero-order valence-electron chi connectivity index (χ0n) is 19.1. The van der Waals surface area contributed by atoms with Crippen LogP contribution < -0.4 is 15.5 Å². The lowest BCUT2D eigenvalue weighted by Crippen LogP contribution is -2.32. The number of rotatable bonds is 4. The van der Waals surface area contributed by atoms with Gasteiger partial charge in [0.15, 0.2) is 5.88 Å². The van der Waals surface area contributed by atoms with Crippen LogP contribution in [0.1, 0.15) is 36.7 Å². The van der Waals surface area contributed by atoms with Gasteiger partial charge in [-0.3, -0.25) is 9.59 Å². The van der Waals surface area contributed by atoms with E-state index in [0.717, 1.165) is 16.6 Å². The van der Waals surface area contributed by atoms with Crippen LogP contribution in [0.15, 0.2) is 60.9 Å². The van der Waals surface area contributed by atoms with E-state index in [0.29, 0.717) is 34.7 Å². The maximum absolute atomic E-state index is 13.2. The number of nitrogens with zero attached hydrogens (tertiary/aromatic N) is 2. The van der Waals surface area contributed by atoms with Crippen molar-refractivity contribution in [2.75, 3.05) is 22.1 Å². The number of fused-ring (bicyclic) bond motifs is 2. The minimum Gasteiger partial charge on any atom is -0.494 e. The second-order valence-electron chi connectivity index (χ2n) is 9.10. The number of hydrogen-bond donors (Lipinski definition) is 4. The minimum atomic E-state index is -0.328. The number of H-pyrrole nitrogens is 1. The maximum atomic E-state index is 13.2. The van der Waals surface area contributed by atoms with E-state index in [-0.39, 0.29) is 23.1 Å². The number of aromatic hydroxyl groups is 1. The van der Waals surface area contributed by atoms with E-state index in [4.69, 9.17) is 0 Å². The number of benzene rings is 2. The summed E-state index contributed by atoms with van der Waals surface area (Å²) in [6, 6.07) is 14.5. The van der Waals surface area contributed by atoms with Gasteiger partial charge in [0.1, 0.15) is 5.82 Å². The molecule has 0 spiro atoms. The van der Waals surface area contributed by atoms with Crippen LogP contribution in [0, 0.1) is 0 Å². The van der Waals surface area contributed by atoms with Gasteiger partial charge in [0.25, 0.3) is 5.91 Å². The molecule has 0 fully saturated rings. The molecule has 34 heavy (non-hydrogen) atoms. The van der Waals surface area contributed by atoms with Gasteiger partial charge < -0.3 is 25.6 Å². The van der Waals surface area contributed by atoms with E-state index >= 15 is 0 Å². The van der Waals surface area contributed by atoms with Crippen LogP contribution in [0.5, 0.6) is 5.88 Å². The van der Waals surface area contributed by atoms with Gasteiger partial charge in [0.05, 0.1) is 5.56 Å². The molecule has 4 aromatic rings. The summed E-state index contributed by atoms with van der Waals surface area (Å²) in [6.07, 6.45) is 3.30. The third kappa shape index (κ3) is 3.63. The number of carbonyl (C=O) groups excluding carboxylic acids is 2. The van der Waals surface area contributed by atoms with E-state index in [1.807, 2.05) is 30.3 Å². The predicted molar refractivity (Wildman–Crippen MR) is 133 cm³/mol. The summed E-state index contributed by atoms with van der Waals surface area (Å²) in [4.78, 5) is 34.3. The molecule has 5 rings (SSSR count). The summed E-state index contributed by atoms with van der Waals surface area (Å²) in [5.74, 6) is 0.114. The molecule has 2 amide bonds. The number of pyridine rings is 1. The Morgan fingerprint density at radius 2 is 1.94 bits per heavy atom. The Bertz CT molecular complexity index is 1440. The molecule has 2 aromatic heterocycles. The first-order chi connectivity index (χ1) is 16.2. The number of amides is 2. The molecule has 0 unspecified atom stereocenters. The average Bonchev–Trinajstić information content (AvgIpc) is 3.31. The lowest BCUT2D eigenvalue weighted by atomic mass is 9.87. The molecule has 8 nitrogen and oxygen atoms in total. The molecule has 172 valence electrons. The summed E-state index contributed by atoms with van der Waals surface area (Å²) in [5.41, 5.74) is 3.41. The van der Waals surface area contributed by atoms with Crippen molar-refractivity contribution in [1.82, 2.24) is 9.97 Å². The highest BCUT2D eigenvalue weighted by atomic mass is 16.3. The molecule has 0 bridgehead atoms. The van der Waals surface area contributed by atoms with Crippen molar-refractivity contribution in [3.63, 3.8) is 0 Å². The van der Waals surface area contributed by atoms with E-state index in [9.17, 15) is 14.7 Å². The Morgan fingerprint density at radius 3 is 2.74 bits per heavy atom. The van der Waals surface area contributed by atoms with Gasteiger partial charge >= 0.3 is 0 Å². The van der Waals surface area contributed by atoms with Gasteiger partial charge in [0, 0.05) is 59.1 Å². The fourth-order valence-corrected chi connectivity index (χ4v) is 4.52. The fraction of sp³-hybridized carbons (Fsp3) is 0.192. The van der Waals surface area contributed by atoms with Gasteiger partial charge in [-0.15, -0.1) is 0 Å². The zero-order valence-corrected chi connectivity index (χ0v) is 19.1. The van der Waals surface area contributed by atoms with Gasteiger partial charge in [-0.25, -0.2) is 4.98 Å². The Balaban J connectivity index is 1.44. The van der Waals surface area contributed by atoms with Crippen LogP contribution in [-0.4, -0.2) is 33.4 Å². The average molecular weight is 456 g/mol. The second kappa shape index (κ2) is 7.91. The Labute approximate surface area is 196 Å². The smallest absolute Gasteiger partial charge is 0.259 e. The quantitative estimate of drug-likeness (QED) is 0.350. The molecular weight excluding hydrogens is 430 g/mol. The first-order valence-electron chi connectivity index (χ1n) is 11.0. The van der Waals surface area contributed by atoms with Crippen LogP contribution in [0.4, 0.5) is 22.9 Å². The molecule has 0 aliphatic carbocycles. The number of carbonyl (C=O) groups is 2. The number of aromatic nitrogens is 2. The highest BCUT2D eigenvalue weighted by Gasteiger charge is 2.37. The van der Waals surface area contributed by atoms with Crippen molar-refractivity contribution in [3.8, 4) is 5.88 Å². The molecule has 0 radical (unpaired) electrons. The largest absolute Gasteiger partial charge is 0.494 e. The zero-order chi connectivity index (χ0) is 24.0. The summed E-state index contributed by atoms with van der Waals surface area (Å²) in [7, 11) is 0. The van der Waals surface area contributed by atoms with E-state index < -0.39 is 0 Å². The summed E-state index contributed by atoms with van der Waals surface area (Å²) >= 11 is 0.